The number of hydrogen-bond acceptors (Lipinski definition) is 4. The Morgan fingerprint density at radius 3 is 2.00 bits per heavy atom. The average Bonchev–Trinajstić information content (AvgIpc) is 3.38. The quantitative estimate of drug-likeness (QED) is 0.308. The van der Waals surface area contributed by atoms with Gasteiger partial charge >= 0.3 is 0 Å². The molecule has 5 heteroatoms. The molecule has 0 saturated carbocycles. The van der Waals surface area contributed by atoms with E-state index in [9.17, 15) is 5.11 Å². The lowest BCUT2D eigenvalue weighted by Crippen LogP contribution is -2.35. The molecule has 1 fully saturated rings. The summed E-state index contributed by atoms with van der Waals surface area (Å²) >= 11 is 0. The largest absolute Gasteiger partial charge is 0.373 e. The Morgan fingerprint density at radius 1 is 0.829 bits per heavy atom. The van der Waals surface area contributed by atoms with Gasteiger partial charge in [0.25, 0.3) is 0 Å². The molecule has 3 aromatic rings. The van der Waals surface area contributed by atoms with Gasteiger partial charge in [0.1, 0.15) is 6.33 Å². The van der Waals surface area contributed by atoms with Crippen LogP contribution >= 0.6 is 0 Å². The first-order valence-corrected chi connectivity index (χ1v) is 13.7. The number of aliphatic hydroxyl groups is 1. The van der Waals surface area contributed by atoms with E-state index in [-0.39, 0.29) is 0 Å². The topological polar surface area (TPSA) is 54.2 Å². The van der Waals surface area contributed by atoms with Crippen LogP contribution in [0.3, 0.4) is 0 Å². The highest BCUT2D eigenvalue weighted by Crippen LogP contribution is 2.34. The molecule has 1 aliphatic heterocycles. The lowest BCUT2D eigenvalue weighted by Gasteiger charge is -2.31. The Morgan fingerprint density at radius 2 is 1.40 bits per heavy atom. The number of likely N-dealkylation sites (tertiary alicyclic amines) is 1. The highest BCUT2D eigenvalue weighted by molar-refractivity contribution is 5.41. The van der Waals surface area contributed by atoms with Gasteiger partial charge in [0, 0.05) is 6.54 Å². The zero-order chi connectivity index (χ0) is 24.3. The lowest BCUT2D eigenvalue weighted by atomic mass is 9.86. The van der Waals surface area contributed by atoms with Gasteiger partial charge in [-0.1, -0.05) is 106 Å². The van der Waals surface area contributed by atoms with Crippen molar-refractivity contribution < 1.29 is 5.11 Å². The van der Waals surface area contributed by atoms with Crippen LogP contribution in [-0.4, -0.2) is 44.4 Å². The van der Waals surface area contributed by atoms with E-state index in [1.54, 1.807) is 6.33 Å². The van der Waals surface area contributed by atoms with Crippen LogP contribution in [0.2, 0.25) is 0 Å². The first kappa shape index (κ1) is 25.6. The molecule has 1 saturated heterocycles. The smallest absolute Gasteiger partial charge is 0.191 e. The monoisotopic (exact) mass is 474 g/mol. The Balaban J connectivity index is 1.30. The molecule has 2 aromatic carbocycles. The SMILES string of the molecule is CCCCCCCCCN1CCC(Cn2cnc(C(O)(c3ccccc3)c3ccccc3)n2)CC1. The molecule has 5 nitrogen and oxygen atoms in total. The molecule has 0 spiro atoms. The van der Waals surface area contributed by atoms with Crippen LogP contribution in [0.15, 0.2) is 67.0 Å². The van der Waals surface area contributed by atoms with E-state index in [0.29, 0.717) is 11.7 Å². The second kappa shape index (κ2) is 13.0. The Bertz CT molecular complexity index is 940. The number of hydrogen-bond donors (Lipinski definition) is 1. The van der Waals surface area contributed by atoms with E-state index in [4.69, 9.17) is 5.10 Å². The van der Waals surface area contributed by atoms with Crippen molar-refractivity contribution in [3.8, 4) is 0 Å². The number of nitrogens with zero attached hydrogens (tertiary/aromatic N) is 4. The summed E-state index contributed by atoms with van der Waals surface area (Å²) in [5.74, 6) is 1.04. The van der Waals surface area contributed by atoms with Crippen LogP contribution in [0.1, 0.15) is 81.7 Å². The first-order chi connectivity index (χ1) is 17.2. The van der Waals surface area contributed by atoms with Gasteiger partial charge in [-0.05, 0) is 55.9 Å². The van der Waals surface area contributed by atoms with Crippen LogP contribution < -0.4 is 0 Å². The van der Waals surface area contributed by atoms with Gasteiger partial charge in [0.15, 0.2) is 11.4 Å². The third-order valence-electron chi connectivity index (χ3n) is 7.47. The van der Waals surface area contributed by atoms with E-state index in [1.807, 2.05) is 65.3 Å². The summed E-state index contributed by atoms with van der Waals surface area (Å²) in [6.45, 7) is 6.74. The molecular weight excluding hydrogens is 432 g/mol. The molecule has 188 valence electrons. The fraction of sp³-hybridized carbons (Fsp3) is 0.533. The fourth-order valence-corrected chi connectivity index (χ4v) is 5.28. The molecule has 0 bridgehead atoms. The average molecular weight is 475 g/mol. The zero-order valence-corrected chi connectivity index (χ0v) is 21.4. The van der Waals surface area contributed by atoms with Gasteiger partial charge in [-0.2, -0.15) is 5.10 Å². The Kier molecular flexibility index (Phi) is 9.50. The van der Waals surface area contributed by atoms with Crippen LogP contribution in [-0.2, 0) is 12.1 Å². The van der Waals surface area contributed by atoms with Crippen molar-refractivity contribution in [3.05, 3.63) is 83.9 Å². The molecule has 0 unspecified atom stereocenters. The van der Waals surface area contributed by atoms with E-state index < -0.39 is 5.60 Å². The van der Waals surface area contributed by atoms with Crippen molar-refractivity contribution in [2.75, 3.05) is 19.6 Å². The van der Waals surface area contributed by atoms with Gasteiger partial charge < -0.3 is 10.0 Å². The maximum Gasteiger partial charge on any atom is 0.191 e. The second-order valence-corrected chi connectivity index (χ2v) is 10.1. The van der Waals surface area contributed by atoms with Crippen molar-refractivity contribution in [2.24, 2.45) is 5.92 Å². The zero-order valence-electron chi connectivity index (χ0n) is 21.4. The summed E-state index contributed by atoms with van der Waals surface area (Å²) in [7, 11) is 0. The normalized spacial score (nSPS) is 15.5. The van der Waals surface area contributed by atoms with Crippen LogP contribution in [0, 0.1) is 5.92 Å². The molecular formula is C30H42N4O. The van der Waals surface area contributed by atoms with Gasteiger partial charge in [-0.25, -0.2) is 4.98 Å². The molecule has 4 rings (SSSR count). The van der Waals surface area contributed by atoms with Crippen molar-refractivity contribution in [1.29, 1.82) is 0 Å². The standard InChI is InChI=1S/C30H42N4O/c1-2-3-4-5-6-7-14-21-33-22-19-26(20-23-33)24-34-25-31-29(32-34)30(35,27-15-10-8-11-16-27)28-17-12-9-13-18-28/h8-13,15-18,25-26,35H,2-7,14,19-24H2,1H3. The van der Waals surface area contributed by atoms with E-state index in [1.165, 1.54) is 77.4 Å². The minimum Gasteiger partial charge on any atom is -0.373 e. The predicted octanol–water partition coefficient (Wildman–Crippen LogP) is 6.02. The van der Waals surface area contributed by atoms with Crippen molar-refractivity contribution in [2.45, 2.75) is 76.9 Å². The lowest BCUT2D eigenvalue weighted by molar-refractivity contribution is 0.114. The Hall–Kier alpha value is -2.50. The summed E-state index contributed by atoms with van der Waals surface area (Å²) in [6.07, 6.45) is 13.8. The minimum absolute atomic E-state index is 0.436. The van der Waals surface area contributed by atoms with Gasteiger partial charge in [-0.15, -0.1) is 0 Å². The Labute approximate surface area is 211 Å². The maximum absolute atomic E-state index is 11.9. The maximum atomic E-state index is 11.9. The summed E-state index contributed by atoms with van der Waals surface area (Å²) in [4.78, 5) is 7.23. The highest BCUT2D eigenvalue weighted by atomic mass is 16.3. The van der Waals surface area contributed by atoms with Crippen LogP contribution in [0.25, 0.3) is 0 Å². The number of rotatable bonds is 13. The molecule has 0 aliphatic carbocycles. The van der Waals surface area contributed by atoms with Crippen molar-refractivity contribution in [3.63, 3.8) is 0 Å². The third-order valence-corrected chi connectivity index (χ3v) is 7.47. The summed E-state index contributed by atoms with van der Waals surface area (Å²) < 4.78 is 1.93. The number of unbranched alkanes of at least 4 members (excludes halogenated alkanes) is 6. The summed E-state index contributed by atoms with van der Waals surface area (Å²) in [5.41, 5.74) is 0.193. The predicted molar refractivity (Wildman–Crippen MR) is 142 cm³/mol. The van der Waals surface area contributed by atoms with Crippen molar-refractivity contribution in [1.82, 2.24) is 19.7 Å². The second-order valence-electron chi connectivity index (χ2n) is 10.1. The molecule has 1 N–H and O–H groups in total. The number of benzene rings is 2. The third kappa shape index (κ3) is 6.80. The van der Waals surface area contributed by atoms with E-state index in [0.717, 1.165) is 17.7 Å². The van der Waals surface area contributed by atoms with Crippen LogP contribution in [0.4, 0.5) is 0 Å². The summed E-state index contributed by atoms with van der Waals surface area (Å²) in [5, 5.41) is 16.7. The van der Waals surface area contributed by atoms with Gasteiger partial charge in [-0.3, -0.25) is 4.68 Å². The highest BCUT2D eigenvalue weighted by Gasteiger charge is 2.37. The number of aromatic nitrogens is 3. The van der Waals surface area contributed by atoms with Gasteiger partial charge in [0.2, 0.25) is 0 Å². The van der Waals surface area contributed by atoms with Crippen LogP contribution in [0.5, 0.6) is 0 Å². The molecule has 1 aliphatic rings. The molecule has 2 heterocycles. The molecule has 35 heavy (non-hydrogen) atoms. The van der Waals surface area contributed by atoms with E-state index in [2.05, 4.69) is 16.8 Å². The van der Waals surface area contributed by atoms with E-state index >= 15 is 0 Å². The molecule has 0 amide bonds. The number of piperidine rings is 1. The molecule has 0 radical (unpaired) electrons. The fourth-order valence-electron chi connectivity index (χ4n) is 5.28. The molecule has 0 atom stereocenters. The first-order valence-electron chi connectivity index (χ1n) is 13.7. The van der Waals surface area contributed by atoms with Crippen molar-refractivity contribution >= 4 is 0 Å². The minimum atomic E-state index is -1.37. The molecule has 1 aromatic heterocycles. The summed E-state index contributed by atoms with van der Waals surface area (Å²) in [6, 6.07) is 19.5. The van der Waals surface area contributed by atoms with Gasteiger partial charge in [0.05, 0.1) is 0 Å².